The fourth-order valence-electron chi connectivity index (χ4n) is 4.14. The van der Waals surface area contributed by atoms with Crippen LogP contribution in [-0.2, 0) is 12.5 Å². The van der Waals surface area contributed by atoms with Crippen LogP contribution in [0.1, 0.15) is 31.9 Å². The van der Waals surface area contributed by atoms with Crippen LogP contribution in [0.5, 0.6) is 11.5 Å². The second-order valence-corrected chi connectivity index (χ2v) is 8.51. The van der Waals surface area contributed by atoms with Gasteiger partial charge in [0, 0.05) is 23.7 Å². The first-order chi connectivity index (χ1) is 12.8. The first-order valence-corrected chi connectivity index (χ1v) is 9.38. The summed E-state index contributed by atoms with van der Waals surface area (Å²) in [5, 5.41) is 3.58. The molecule has 1 aliphatic heterocycles. The standard InChI is InChI=1S/C24H23N2O/c1-14-17-7-6-9-25-18(17)13-20-21(14)23-22-15(8-10-26(23)5)11-16(24(2,3)4)12-19(22)27-20/h6-13H,1-5H3/q+1. The lowest BCUT2D eigenvalue weighted by Gasteiger charge is -2.25. The minimum absolute atomic E-state index is 0.0629. The van der Waals surface area contributed by atoms with Crippen molar-refractivity contribution >= 4 is 21.7 Å². The highest BCUT2D eigenvalue weighted by Gasteiger charge is 2.31. The second kappa shape index (κ2) is 5.29. The van der Waals surface area contributed by atoms with Crippen LogP contribution in [0, 0.1) is 6.92 Å². The maximum absolute atomic E-state index is 6.48. The first kappa shape index (κ1) is 16.2. The molecule has 0 bridgehead atoms. The molecule has 0 fully saturated rings. The average Bonchev–Trinajstić information content (AvgIpc) is 2.63. The van der Waals surface area contributed by atoms with Gasteiger partial charge >= 0.3 is 0 Å². The van der Waals surface area contributed by atoms with E-state index in [9.17, 15) is 0 Å². The van der Waals surface area contributed by atoms with E-state index in [1.807, 2.05) is 12.3 Å². The summed E-state index contributed by atoms with van der Waals surface area (Å²) in [6, 6.07) is 12.9. The summed E-state index contributed by atoms with van der Waals surface area (Å²) in [6.07, 6.45) is 3.99. The third kappa shape index (κ3) is 2.27. The van der Waals surface area contributed by atoms with E-state index >= 15 is 0 Å². The zero-order valence-corrected chi connectivity index (χ0v) is 16.4. The Morgan fingerprint density at radius 3 is 2.63 bits per heavy atom. The highest BCUT2D eigenvalue weighted by atomic mass is 16.5. The Morgan fingerprint density at radius 2 is 1.85 bits per heavy atom. The van der Waals surface area contributed by atoms with E-state index in [0.29, 0.717) is 0 Å². The quantitative estimate of drug-likeness (QED) is 0.338. The van der Waals surface area contributed by atoms with E-state index in [1.165, 1.54) is 38.5 Å². The molecule has 2 aromatic carbocycles. The number of aryl methyl sites for hydroxylation is 2. The normalized spacial score (nSPS) is 12.9. The Balaban J connectivity index is 1.94. The summed E-state index contributed by atoms with van der Waals surface area (Å²) >= 11 is 0. The number of fused-ring (bicyclic) bond motifs is 3. The van der Waals surface area contributed by atoms with Crippen molar-refractivity contribution in [2.24, 2.45) is 7.05 Å². The van der Waals surface area contributed by atoms with Crippen molar-refractivity contribution in [3.63, 3.8) is 0 Å². The minimum atomic E-state index is 0.0629. The molecule has 134 valence electrons. The molecular formula is C24H23N2O+. The molecule has 0 unspecified atom stereocenters. The van der Waals surface area contributed by atoms with Crippen molar-refractivity contribution in [3.05, 3.63) is 59.9 Å². The van der Waals surface area contributed by atoms with Crippen molar-refractivity contribution in [3.8, 4) is 22.8 Å². The molecule has 3 heteroatoms. The van der Waals surface area contributed by atoms with E-state index in [2.05, 4.69) is 80.8 Å². The summed E-state index contributed by atoms with van der Waals surface area (Å²) in [5.74, 6) is 1.83. The van der Waals surface area contributed by atoms with E-state index in [1.54, 1.807) is 0 Å². The molecule has 4 aromatic rings. The molecule has 0 saturated carbocycles. The number of rotatable bonds is 0. The SMILES string of the molecule is Cc1c2c(cc3ncccc13)Oc1cc(C(C)(C)C)cc3cc[n+](C)c-2c13. The fraction of sp³-hybridized carbons (Fsp3) is 0.250. The lowest BCUT2D eigenvalue weighted by atomic mass is 9.84. The third-order valence-corrected chi connectivity index (χ3v) is 5.65. The van der Waals surface area contributed by atoms with Gasteiger partial charge in [0.1, 0.15) is 18.5 Å². The molecule has 0 amide bonds. The van der Waals surface area contributed by atoms with Gasteiger partial charge in [-0.15, -0.1) is 0 Å². The van der Waals surface area contributed by atoms with Gasteiger partial charge in [-0.2, -0.15) is 0 Å². The first-order valence-electron chi connectivity index (χ1n) is 9.38. The van der Waals surface area contributed by atoms with Crippen molar-refractivity contribution in [2.75, 3.05) is 0 Å². The van der Waals surface area contributed by atoms with Crippen molar-refractivity contribution < 1.29 is 9.30 Å². The topological polar surface area (TPSA) is 26.0 Å². The molecule has 0 radical (unpaired) electrons. The lowest BCUT2D eigenvalue weighted by Crippen LogP contribution is -2.32. The zero-order chi connectivity index (χ0) is 18.9. The molecule has 3 heterocycles. The molecule has 0 saturated heterocycles. The number of aromatic nitrogens is 2. The van der Waals surface area contributed by atoms with Gasteiger partial charge in [-0.1, -0.05) is 26.8 Å². The third-order valence-electron chi connectivity index (χ3n) is 5.65. The van der Waals surface area contributed by atoms with Crippen LogP contribution >= 0.6 is 0 Å². The highest BCUT2D eigenvalue weighted by Crippen LogP contribution is 2.48. The Hall–Kier alpha value is -2.94. The summed E-state index contributed by atoms with van der Waals surface area (Å²) in [7, 11) is 2.11. The smallest absolute Gasteiger partial charge is 0.228 e. The number of benzene rings is 2. The fourth-order valence-corrected chi connectivity index (χ4v) is 4.14. The number of hydrogen-bond acceptors (Lipinski definition) is 2. The maximum atomic E-state index is 6.48. The number of nitrogens with zero attached hydrogens (tertiary/aromatic N) is 2. The van der Waals surface area contributed by atoms with E-state index in [0.717, 1.165) is 17.0 Å². The van der Waals surface area contributed by atoms with Crippen LogP contribution in [0.4, 0.5) is 0 Å². The summed E-state index contributed by atoms with van der Waals surface area (Å²) in [6.45, 7) is 8.88. The molecule has 0 spiro atoms. The molecule has 0 atom stereocenters. The monoisotopic (exact) mass is 355 g/mol. The predicted molar refractivity (Wildman–Crippen MR) is 109 cm³/mol. The average molecular weight is 355 g/mol. The molecule has 1 aliphatic rings. The molecule has 3 nitrogen and oxygen atoms in total. The van der Waals surface area contributed by atoms with Crippen LogP contribution in [0.25, 0.3) is 32.9 Å². The minimum Gasteiger partial charge on any atom is -0.455 e. The van der Waals surface area contributed by atoms with Crippen molar-refractivity contribution in [2.45, 2.75) is 33.1 Å². The number of hydrogen-bond donors (Lipinski definition) is 0. The van der Waals surface area contributed by atoms with E-state index in [-0.39, 0.29) is 5.41 Å². The van der Waals surface area contributed by atoms with Gasteiger partial charge in [-0.05, 0) is 47.1 Å². The van der Waals surface area contributed by atoms with E-state index < -0.39 is 0 Å². The number of ether oxygens (including phenoxy) is 1. The Kier molecular flexibility index (Phi) is 3.18. The molecule has 5 rings (SSSR count). The van der Waals surface area contributed by atoms with Gasteiger partial charge in [-0.3, -0.25) is 4.98 Å². The maximum Gasteiger partial charge on any atom is 0.228 e. The van der Waals surface area contributed by atoms with Gasteiger partial charge in [0.15, 0.2) is 6.20 Å². The van der Waals surface area contributed by atoms with Gasteiger partial charge < -0.3 is 4.74 Å². The van der Waals surface area contributed by atoms with Crippen LogP contribution in [-0.4, -0.2) is 4.98 Å². The van der Waals surface area contributed by atoms with Gasteiger partial charge in [0.25, 0.3) is 0 Å². The summed E-state index contributed by atoms with van der Waals surface area (Å²) in [5.41, 5.74) is 5.91. The van der Waals surface area contributed by atoms with Crippen molar-refractivity contribution in [1.82, 2.24) is 4.98 Å². The lowest BCUT2D eigenvalue weighted by molar-refractivity contribution is -0.659. The predicted octanol–water partition coefficient (Wildman–Crippen LogP) is 5.59. The highest BCUT2D eigenvalue weighted by molar-refractivity contribution is 6.04. The Morgan fingerprint density at radius 1 is 1.04 bits per heavy atom. The van der Waals surface area contributed by atoms with Crippen LogP contribution < -0.4 is 9.30 Å². The largest absolute Gasteiger partial charge is 0.455 e. The number of pyridine rings is 2. The van der Waals surface area contributed by atoms with Crippen LogP contribution in [0.2, 0.25) is 0 Å². The summed E-state index contributed by atoms with van der Waals surface area (Å²) < 4.78 is 8.68. The van der Waals surface area contributed by atoms with Gasteiger partial charge in [0.2, 0.25) is 5.69 Å². The van der Waals surface area contributed by atoms with Crippen molar-refractivity contribution in [1.29, 1.82) is 0 Å². The Bertz CT molecular complexity index is 1250. The molecular weight excluding hydrogens is 332 g/mol. The summed E-state index contributed by atoms with van der Waals surface area (Å²) in [4.78, 5) is 4.55. The molecule has 0 aliphatic carbocycles. The molecule has 0 N–H and O–H groups in total. The molecule has 2 aromatic heterocycles. The van der Waals surface area contributed by atoms with Crippen LogP contribution in [0.15, 0.2) is 48.8 Å². The zero-order valence-electron chi connectivity index (χ0n) is 16.4. The van der Waals surface area contributed by atoms with E-state index in [4.69, 9.17) is 4.74 Å². The van der Waals surface area contributed by atoms with Gasteiger partial charge in [-0.25, -0.2) is 4.57 Å². The Labute approximate surface area is 159 Å². The van der Waals surface area contributed by atoms with Gasteiger partial charge in [0.05, 0.1) is 16.5 Å². The molecule has 27 heavy (non-hydrogen) atoms. The second-order valence-electron chi connectivity index (χ2n) is 8.51. The van der Waals surface area contributed by atoms with Crippen LogP contribution in [0.3, 0.4) is 0 Å².